The molecular formula is C32H44N2O4. The summed E-state index contributed by atoms with van der Waals surface area (Å²) in [6, 6.07) is 20.4. The highest BCUT2D eigenvalue weighted by Crippen LogP contribution is 2.39. The van der Waals surface area contributed by atoms with Crippen LogP contribution in [0.2, 0.25) is 0 Å². The van der Waals surface area contributed by atoms with Crippen molar-refractivity contribution in [2.24, 2.45) is 11.8 Å². The highest BCUT2D eigenvalue weighted by atomic mass is 16.5. The van der Waals surface area contributed by atoms with E-state index in [9.17, 15) is 15.0 Å². The Labute approximate surface area is 227 Å². The molecule has 1 unspecified atom stereocenters. The molecule has 3 aliphatic rings. The molecule has 2 aliphatic heterocycles. The maximum atomic E-state index is 12.5. The van der Waals surface area contributed by atoms with Crippen LogP contribution in [-0.4, -0.2) is 77.0 Å². The normalized spacial score (nSPS) is 25.8. The molecule has 3 atom stereocenters. The maximum Gasteiger partial charge on any atom is 0.321 e. The van der Waals surface area contributed by atoms with Crippen molar-refractivity contribution in [3.63, 3.8) is 0 Å². The van der Waals surface area contributed by atoms with Crippen LogP contribution in [0.3, 0.4) is 0 Å². The first-order valence-corrected chi connectivity index (χ1v) is 14.6. The number of aliphatic hydroxyl groups is 1. The minimum atomic E-state index is -0.777. The number of likely N-dealkylation sites (tertiary alicyclic amines) is 2. The maximum absolute atomic E-state index is 12.5. The molecule has 0 radical (unpaired) electrons. The number of hydrogen-bond acceptors (Lipinski definition) is 5. The zero-order valence-electron chi connectivity index (χ0n) is 22.6. The van der Waals surface area contributed by atoms with Gasteiger partial charge in [-0.05, 0) is 48.6 Å². The smallest absolute Gasteiger partial charge is 0.321 e. The Kier molecular flexibility index (Phi) is 9.16. The van der Waals surface area contributed by atoms with Gasteiger partial charge in [0, 0.05) is 38.6 Å². The van der Waals surface area contributed by atoms with Gasteiger partial charge in [0.05, 0.1) is 18.8 Å². The van der Waals surface area contributed by atoms with E-state index >= 15 is 0 Å². The molecule has 0 aromatic heterocycles. The average molecular weight is 521 g/mol. The monoisotopic (exact) mass is 520 g/mol. The Bertz CT molecular complexity index is 1000. The molecule has 1 aliphatic carbocycles. The minimum Gasteiger partial charge on any atom is -0.480 e. The fourth-order valence-electron chi connectivity index (χ4n) is 7.06. The molecule has 6 nitrogen and oxygen atoms in total. The second kappa shape index (κ2) is 12.7. The molecule has 0 spiro atoms. The first kappa shape index (κ1) is 27.3. The van der Waals surface area contributed by atoms with Crippen molar-refractivity contribution in [3.05, 3.63) is 71.8 Å². The zero-order chi connectivity index (χ0) is 26.4. The van der Waals surface area contributed by atoms with Crippen LogP contribution in [0.25, 0.3) is 0 Å². The largest absolute Gasteiger partial charge is 0.480 e. The van der Waals surface area contributed by atoms with Crippen molar-refractivity contribution in [1.82, 2.24) is 9.80 Å². The molecule has 3 fully saturated rings. The number of piperidine rings is 1. The highest BCUT2D eigenvalue weighted by Gasteiger charge is 2.43. The van der Waals surface area contributed by atoms with Gasteiger partial charge in [0.15, 0.2) is 0 Å². The number of carboxylic acids is 1. The predicted octanol–water partition coefficient (Wildman–Crippen LogP) is 4.78. The van der Waals surface area contributed by atoms with Crippen molar-refractivity contribution in [1.29, 1.82) is 0 Å². The summed E-state index contributed by atoms with van der Waals surface area (Å²) in [5, 5.41) is 21.4. The lowest BCUT2D eigenvalue weighted by molar-refractivity contribution is -0.145. The summed E-state index contributed by atoms with van der Waals surface area (Å²) in [6.45, 7) is 5.15. The van der Waals surface area contributed by atoms with E-state index in [1.807, 2.05) is 30.3 Å². The molecule has 38 heavy (non-hydrogen) atoms. The predicted molar refractivity (Wildman–Crippen MR) is 149 cm³/mol. The number of benzene rings is 2. The van der Waals surface area contributed by atoms with Gasteiger partial charge in [0.25, 0.3) is 0 Å². The molecule has 2 aromatic carbocycles. The number of hydrogen-bond donors (Lipinski definition) is 2. The number of aliphatic carboxylic acids is 1. The van der Waals surface area contributed by atoms with Gasteiger partial charge < -0.3 is 19.8 Å². The Hall–Kier alpha value is -2.25. The van der Waals surface area contributed by atoms with Crippen LogP contribution in [0.15, 0.2) is 60.7 Å². The molecule has 5 rings (SSSR count). The Morgan fingerprint density at radius 1 is 0.947 bits per heavy atom. The van der Waals surface area contributed by atoms with E-state index in [2.05, 4.69) is 40.1 Å². The summed E-state index contributed by atoms with van der Waals surface area (Å²) >= 11 is 0. The summed E-state index contributed by atoms with van der Waals surface area (Å²) < 4.78 is 5.90. The average Bonchev–Trinajstić information content (AvgIpc) is 3.34. The second-order valence-electron chi connectivity index (χ2n) is 11.9. The van der Waals surface area contributed by atoms with E-state index in [0.29, 0.717) is 37.9 Å². The van der Waals surface area contributed by atoms with Crippen LogP contribution in [-0.2, 0) is 16.1 Å². The Morgan fingerprint density at radius 2 is 1.61 bits per heavy atom. The lowest BCUT2D eigenvalue weighted by Gasteiger charge is -2.39. The Balaban J connectivity index is 1.20. The van der Waals surface area contributed by atoms with E-state index < -0.39 is 11.6 Å². The van der Waals surface area contributed by atoms with Gasteiger partial charge in [0.1, 0.15) is 6.04 Å². The molecule has 1 saturated carbocycles. The third-order valence-electron chi connectivity index (χ3n) is 9.20. The number of ether oxygens (including phenoxy) is 1. The molecule has 2 heterocycles. The first-order chi connectivity index (χ1) is 18.5. The van der Waals surface area contributed by atoms with Crippen molar-refractivity contribution in [3.8, 4) is 0 Å². The number of carbonyl (C=O) groups is 1. The van der Waals surface area contributed by atoms with Gasteiger partial charge in [-0.25, -0.2) is 0 Å². The summed E-state index contributed by atoms with van der Waals surface area (Å²) in [7, 11) is 0. The third kappa shape index (κ3) is 6.84. The molecule has 6 heteroatoms. The van der Waals surface area contributed by atoms with Gasteiger partial charge >= 0.3 is 5.97 Å². The third-order valence-corrected chi connectivity index (χ3v) is 9.20. The van der Waals surface area contributed by atoms with E-state index in [-0.39, 0.29) is 12.0 Å². The van der Waals surface area contributed by atoms with Crippen molar-refractivity contribution in [2.75, 3.05) is 39.3 Å². The highest BCUT2D eigenvalue weighted by molar-refractivity contribution is 5.74. The molecule has 2 aromatic rings. The minimum absolute atomic E-state index is 0.261. The fourth-order valence-corrected chi connectivity index (χ4v) is 7.06. The van der Waals surface area contributed by atoms with E-state index in [1.165, 1.54) is 12.0 Å². The van der Waals surface area contributed by atoms with Crippen molar-refractivity contribution in [2.45, 2.75) is 69.1 Å². The first-order valence-electron chi connectivity index (χ1n) is 14.6. The topological polar surface area (TPSA) is 73.2 Å². The van der Waals surface area contributed by atoms with Crippen molar-refractivity contribution >= 4 is 5.97 Å². The number of carboxylic acid groups (broad SMARTS) is 1. The molecule has 206 valence electrons. The standard InChI is InChI=1S/C32H44N2O4/c35-31(36)30(27-14-8-3-9-15-27)34-21-28(29(22-34)26-12-6-2-7-13-26)20-33-18-16-32(37,17-19-33)24-38-23-25-10-4-1-5-11-25/h1-2,4-7,10-13,27-30,37H,3,8-9,14-24H2,(H,35,36)/t28-,29+,30?/m0/s1. The van der Waals surface area contributed by atoms with Gasteiger partial charge in [-0.1, -0.05) is 79.9 Å². The molecule has 2 N–H and O–H groups in total. The van der Waals surface area contributed by atoms with Crippen LogP contribution in [0.1, 0.15) is 62.0 Å². The zero-order valence-corrected chi connectivity index (χ0v) is 22.6. The van der Waals surface area contributed by atoms with Crippen molar-refractivity contribution < 1.29 is 19.7 Å². The number of rotatable bonds is 10. The SMILES string of the molecule is O=C(O)C(C1CCCCC1)N1C[C@H](CN2CCC(O)(COCc3ccccc3)CC2)[C@@H](c2ccccc2)C1. The van der Waals surface area contributed by atoms with Gasteiger partial charge in [0.2, 0.25) is 0 Å². The summed E-state index contributed by atoms with van der Waals surface area (Å²) in [6.07, 6.45) is 7.01. The molecule has 0 amide bonds. The van der Waals surface area contributed by atoms with Crippen LogP contribution >= 0.6 is 0 Å². The van der Waals surface area contributed by atoms with Crippen LogP contribution in [0.4, 0.5) is 0 Å². The van der Waals surface area contributed by atoms with Crippen LogP contribution in [0, 0.1) is 11.8 Å². The lowest BCUT2D eigenvalue weighted by Crippen LogP contribution is -2.49. The Morgan fingerprint density at radius 3 is 2.26 bits per heavy atom. The number of nitrogens with zero attached hydrogens (tertiary/aromatic N) is 2. The van der Waals surface area contributed by atoms with E-state index in [4.69, 9.17) is 4.74 Å². The second-order valence-corrected chi connectivity index (χ2v) is 11.9. The summed E-state index contributed by atoms with van der Waals surface area (Å²) in [4.78, 5) is 17.3. The molecular weight excluding hydrogens is 476 g/mol. The van der Waals surface area contributed by atoms with Gasteiger partial charge in [-0.15, -0.1) is 0 Å². The van der Waals surface area contributed by atoms with Crippen LogP contribution in [0.5, 0.6) is 0 Å². The quantitative estimate of drug-likeness (QED) is 0.470. The summed E-state index contributed by atoms with van der Waals surface area (Å²) in [5.74, 6) is 0.320. The van der Waals surface area contributed by atoms with Gasteiger partial charge in [-0.3, -0.25) is 9.69 Å². The fraction of sp³-hybridized carbons (Fsp3) is 0.594. The van der Waals surface area contributed by atoms with Gasteiger partial charge in [-0.2, -0.15) is 0 Å². The molecule has 0 bridgehead atoms. The molecule has 2 saturated heterocycles. The lowest BCUT2D eigenvalue weighted by atomic mass is 9.83. The van der Waals surface area contributed by atoms with Crippen LogP contribution < -0.4 is 0 Å². The summed E-state index contributed by atoms with van der Waals surface area (Å²) in [5.41, 5.74) is 1.66. The van der Waals surface area contributed by atoms with E-state index in [0.717, 1.165) is 64.0 Å². The van der Waals surface area contributed by atoms with E-state index in [1.54, 1.807) is 0 Å².